The van der Waals surface area contributed by atoms with Gasteiger partial charge in [-0.2, -0.15) is 0 Å². The Hall–Kier alpha value is -2.09. The number of halogens is 1. The third-order valence-electron chi connectivity index (χ3n) is 6.56. The molecule has 1 aromatic carbocycles. The van der Waals surface area contributed by atoms with Gasteiger partial charge in [0.25, 0.3) is 5.56 Å². The summed E-state index contributed by atoms with van der Waals surface area (Å²) in [6.45, 7) is 3.35. The van der Waals surface area contributed by atoms with Crippen LogP contribution in [0.15, 0.2) is 33.9 Å². The number of methoxy groups -OCH3 is 1. The molecule has 3 aromatic rings. The first-order valence-electron chi connectivity index (χ1n) is 10.2. The topological polar surface area (TPSA) is 76.1 Å². The monoisotopic (exact) mass is 447 g/mol. The summed E-state index contributed by atoms with van der Waals surface area (Å²) in [5.74, 6) is 1.96. The highest BCUT2D eigenvalue weighted by Crippen LogP contribution is 2.45. The summed E-state index contributed by atoms with van der Waals surface area (Å²) >= 11 is 1.45. The summed E-state index contributed by atoms with van der Waals surface area (Å²) in [6, 6.07) is 8.43. The summed E-state index contributed by atoms with van der Waals surface area (Å²) in [4.78, 5) is 29.9. The number of fused-ring (bicyclic) bond motifs is 4. The molecule has 5 rings (SSSR count). The van der Waals surface area contributed by atoms with Crippen molar-refractivity contribution >= 4 is 34.0 Å². The Bertz CT molecular complexity index is 1200. The van der Waals surface area contributed by atoms with Crippen molar-refractivity contribution in [3.05, 3.63) is 61.1 Å². The van der Waals surface area contributed by atoms with Gasteiger partial charge >= 0.3 is 5.69 Å². The van der Waals surface area contributed by atoms with Gasteiger partial charge in [-0.3, -0.25) is 14.3 Å². The van der Waals surface area contributed by atoms with E-state index in [1.54, 1.807) is 7.11 Å². The molecular weight excluding hydrogens is 422 g/mol. The molecule has 2 aliphatic rings. The molecular formula is C22H26ClN3O3S. The van der Waals surface area contributed by atoms with Gasteiger partial charge in [0.2, 0.25) is 0 Å². The number of aromatic nitrogens is 2. The fourth-order valence-corrected chi connectivity index (χ4v) is 6.14. The molecule has 1 aliphatic heterocycles. The number of rotatable bonds is 4. The van der Waals surface area contributed by atoms with Gasteiger partial charge < -0.3 is 10.1 Å². The second kappa shape index (κ2) is 8.21. The van der Waals surface area contributed by atoms with Crippen molar-refractivity contribution in [3.63, 3.8) is 0 Å². The van der Waals surface area contributed by atoms with E-state index < -0.39 is 0 Å². The second-order valence-corrected chi connectivity index (χ2v) is 9.40. The van der Waals surface area contributed by atoms with E-state index in [9.17, 15) is 9.59 Å². The third-order valence-corrected chi connectivity index (χ3v) is 7.52. The van der Waals surface area contributed by atoms with Crippen molar-refractivity contribution in [3.8, 4) is 5.75 Å². The number of nitrogens with one attached hydrogen (secondary N) is 2. The van der Waals surface area contributed by atoms with Gasteiger partial charge in [0.1, 0.15) is 10.6 Å². The minimum absolute atomic E-state index is 0. The summed E-state index contributed by atoms with van der Waals surface area (Å²) in [5.41, 5.74) is 2.17. The first-order chi connectivity index (χ1) is 14.1. The van der Waals surface area contributed by atoms with E-state index in [0.29, 0.717) is 28.6 Å². The van der Waals surface area contributed by atoms with Crippen molar-refractivity contribution in [2.75, 3.05) is 13.7 Å². The van der Waals surface area contributed by atoms with E-state index in [2.05, 4.69) is 22.4 Å². The molecule has 3 heterocycles. The van der Waals surface area contributed by atoms with Crippen molar-refractivity contribution in [2.24, 2.45) is 5.92 Å². The number of thiophene rings is 1. The van der Waals surface area contributed by atoms with Crippen molar-refractivity contribution < 1.29 is 4.74 Å². The lowest BCUT2D eigenvalue weighted by atomic mass is 9.73. The number of nitrogens with zero attached hydrogens (tertiary/aromatic N) is 1. The molecule has 2 aromatic heterocycles. The molecule has 6 nitrogen and oxygen atoms in total. The third kappa shape index (κ3) is 3.39. The van der Waals surface area contributed by atoms with Gasteiger partial charge in [0, 0.05) is 23.4 Å². The van der Waals surface area contributed by atoms with Crippen LogP contribution in [0.3, 0.4) is 0 Å². The zero-order valence-corrected chi connectivity index (χ0v) is 18.7. The molecule has 0 radical (unpaired) electrons. The maximum Gasteiger partial charge on any atom is 0.329 e. The lowest BCUT2D eigenvalue weighted by molar-refractivity contribution is 0.371. The first-order valence-corrected chi connectivity index (χ1v) is 11.0. The lowest BCUT2D eigenvalue weighted by Gasteiger charge is -2.32. The fraction of sp³-hybridized carbons (Fsp3) is 0.455. The van der Waals surface area contributed by atoms with Crippen molar-refractivity contribution in [2.45, 2.75) is 44.7 Å². The first kappa shape index (κ1) is 21.2. The van der Waals surface area contributed by atoms with Gasteiger partial charge in [-0.1, -0.05) is 12.1 Å². The molecule has 0 bridgehead atoms. The standard InChI is InChI=1S/C22H25N3O3S.ClH/c1-12-10-16-20(29-12)24-22(27)25(21(16)26)9-8-17-19-13(11-23-17)6-7-14-15(19)4-3-5-18(14)28-2;/h3-5,10,13,17,19,23H,6-9,11H2,1-2H3,(H,24,27);1H. The van der Waals surface area contributed by atoms with Crippen LogP contribution >= 0.6 is 23.7 Å². The Kier molecular flexibility index (Phi) is 5.79. The van der Waals surface area contributed by atoms with Gasteiger partial charge in [0.05, 0.1) is 12.5 Å². The Labute approximate surface area is 184 Å². The molecule has 0 amide bonds. The minimum atomic E-state index is -0.315. The molecule has 3 atom stereocenters. The van der Waals surface area contributed by atoms with Crippen LogP contribution in [0, 0.1) is 12.8 Å². The summed E-state index contributed by atoms with van der Waals surface area (Å²) in [7, 11) is 1.73. The highest BCUT2D eigenvalue weighted by Gasteiger charge is 2.40. The van der Waals surface area contributed by atoms with Crippen LogP contribution in [-0.4, -0.2) is 29.2 Å². The summed E-state index contributed by atoms with van der Waals surface area (Å²) in [6.07, 6.45) is 2.93. The average molecular weight is 448 g/mol. The fourth-order valence-electron chi connectivity index (χ4n) is 5.24. The molecule has 1 saturated heterocycles. The van der Waals surface area contributed by atoms with Crippen LogP contribution < -0.4 is 21.3 Å². The van der Waals surface area contributed by atoms with Crippen LogP contribution in [0.1, 0.15) is 34.8 Å². The Morgan fingerprint density at radius 1 is 1.30 bits per heavy atom. The van der Waals surface area contributed by atoms with Crippen LogP contribution in [0.4, 0.5) is 0 Å². The van der Waals surface area contributed by atoms with E-state index >= 15 is 0 Å². The van der Waals surface area contributed by atoms with Crippen LogP contribution in [0.25, 0.3) is 10.2 Å². The molecule has 0 saturated carbocycles. The Morgan fingerprint density at radius 3 is 2.93 bits per heavy atom. The lowest BCUT2D eigenvalue weighted by Crippen LogP contribution is -2.37. The SMILES string of the molecule is COc1cccc2c1CCC1CNC(CCn3c(=O)[nH]c4sc(C)cc4c3=O)C21.Cl. The number of hydrogen-bond acceptors (Lipinski definition) is 5. The highest BCUT2D eigenvalue weighted by atomic mass is 35.5. The number of ether oxygens (including phenoxy) is 1. The zero-order chi connectivity index (χ0) is 20.1. The number of benzene rings is 1. The van der Waals surface area contributed by atoms with Crippen LogP contribution in [0.2, 0.25) is 0 Å². The largest absolute Gasteiger partial charge is 0.496 e. The Morgan fingerprint density at radius 2 is 2.13 bits per heavy atom. The van der Waals surface area contributed by atoms with E-state index in [4.69, 9.17) is 4.74 Å². The highest BCUT2D eigenvalue weighted by molar-refractivity contribution is 7.18. The number of hydrogen-bond donors (Lipinski definition) is 2. The predicted molar refractivity (Wildman–Crippen MR) is 123 cm³/mol. The van der Waals surface area contributed by atoms with Crippen LogP contribution in [-0.2, 0) is 13.0 Å². The smallest absolute Gasteiger partial charge is 0.329 e. The molecule has 0 spiro atoms. The quantitative estimate of drug-likeness (QED) is 0.644. The number of H-pyrrole nitrogens is 1. The molecule has 8 heteroatoms. The van der Waals surface area contributed by atoms with Gasteiger partial charge in [-0.25, -0.2) is 4.79 Å². The normalized spacial score (nSPS) is 22.4. The van der Waals surface area contributed by atoms with Crippen molar-refractivity contribution in [1.82, 2.24) is 14.9 Å². The van der Waals surface area contributed by atoms with E-state index in [-0.39, 0.29) is 29.7 Å². The molecule has 30 heavy (non-hydrogen) atoms. The minimum Gasteiger partial charge on any atom is -0.496 e. The van der Waals surface area contributed by atoms with E-state index in [0.717, 1.165) is 36.4 Å². The van der Waals surface area contributed by atoms with Gasteiger partial charge in [-0.15, -0.1) is 23.7 Å². The van der Waals surface area contributed by atoms with Crippen molar-refractivity contribution in [1.29, 1.82) is 0 Å². The molecule has 1 aliphatic carbocycles. The zero-order valence-electron chi connectivity index (χ0n) is 17.1. The number of aromatic amines is 1. The second-order valence-electron chi connectivity index (χ2n) is 8.14. The van der Waals surface area contributed by atoms with Gasteiger partial charge in [-0.05, 0) is 61.9 Å². The predicted octanol–water partition coefficient (Wildman–Crippen LogP) is 3.20. The Balaban J connectivity index is 0.00000218. The molecule has 1 fully saturated rings. The van der Waals surface area contributed by atoms with E-state index in [1.165, 1.54) is 27.0 Å². The number of aryl methyl sites for hydroxylation is 1. The summed E-state index contributed by atoms with van der Waals surface area (Å²) in [5, 5.41) is 4.27. The van der Waals surface area contributed by atoms with Gasteiger partial charge in [0.15, 0.2) is 0 Å². The van der Waals surface area contributed by atoms with Crippen LogP contribution in [0.5, 0.6) is 5.75 Å². The molecule has 3 unspecified atom stereocenters. The maximum atomic E-state index is 12.8. The molecule has 160 valence electrons. The maximum absolute atomic E-state index is 12.8. The average Bonchev–Trinajstić information content (AvgIpc) is 3.30. The molecule has 2 N–H and O–H groups in total. The summed E-state index contributed by atoms with van der Waals surface area (Å²) < 4.78 is 6.95. The van der Waals surface area contributed by atoms with E-state index in [1.807, 2.05) is 19.1 Å².